The van der Waals surface area contributed by atoms with Crippen LogP contribution in [0.2, 0.25) is 0 Å². The highest BCUT2D eigenvalue weighted by Crippen LogP contribution is 2.21. The van der Waals surface area contributed by atoms with Gasteiger partial charge in [-0.1, -0.05) is 18.2 Å². The van der Waals surface area contributed by atoms with Gasteiger partial charge in [-0.15, -0.1) is 24.8 Å². The topological polar surface area (TPSA) is 33.2 Å². The van der Waals surface area contributed by atoms with Crippen LogP contribution in [0.1, 0.15) is 18.4 Å². The Hall–Kier alpha value is -0.940. The third kappa shape index (κ3) is 5.85. The van der Waals surface area contributed by atoms with Gasteiger partial charge in [-0.05, 0) is 62.2 Å². The molecule has 2 aromatic rings. The van der Waals surface area contributed by atoms with Gasteiger partial charge in [0.25, 0.3) is 0 Å². The SMILES string of the molecule is Cl.Cl.O=S(c1ccccc1)C1CCN(CCc2ccncc2)CC1. The molecule has 0 spiro atoms. The zero-order valence-corrected chi connectivity index (χ0v) is 16.0. The van der Waals surface area contributed by atoms with Crippen LogP contribution in [0.5, 0.6) is 0 Å². The number of rotatable bonds is 5. The van der Waals surface area contributed by atoms with Crippen LogP contribution >= 0.6 is 24.8 Å². The monoisotopic (exact) mass is 386 g/mol. The van der Waals surface area contributed by atoms with Gasteiger partial charge in [0.05, 0.1) is 10.8 Å². The van der Waals surface area contributed by atoms with Crippen LogP contribution in [-0.2, 0) is 17.2 Å². The fraction of sp³-hybridized carbons (Fsp3) is 0.389. The van der Waals surface area contributed by atoms with Gasteiger partial charge in [0.2, 0.25) is 0 Å². The van der Waals surface area contributed by atoms with Gasteiger partial charge in [0.15, 0.2) is 0 Å². The molecule has 1 fully saturated rings. The number of piperidine rings is 1. The molecule has 24 heavy (non-hydrogen) atoms. The summed E-state index contributed by atoms with van der Waals surface area (Å²) >= 11 is 0. The quantitative estimate of drug-likeness (QED) is 0.784. The highest BCUT2D eigenvalue weighted by molar-refractivity contribution is 7.85. The van der Waals surface area contributed by atoms with Crippen LogP contribution in [0.3, 0.4) is 0 Å². The molecule has 1 aliphatic heterocycles. The zero-order valence-electron chi connectivity index (χ0n) is 13.5. The summed E-state index contributed by atoms with van der Waals surface area (Å²) in [6, 6.07) is 14.0. The van der Waals surface area contributed by atoms with E-state index in [2.05, 4.69) is 22.0 Å². The molecule has 0 aliphatic carbocycles. The normalized spacial score (nSPS) is 16.7. The van der Waals surface area contributed by atoms with Gasteiger partial charge in [-0.25, -0.2) is 0 Å². The van der Waals surface area contributed by atoms with Crippen molar-refractivity contribution in [2.24, 2.45) is 0 Å². The Labute approximate surface area is 159 Å². The van der Waals surface area contributed by atoms with Crippen molar-refractivity contribution < 1.29 is 4.21 Å². The van der Waals surface area contributed by atoms with Gasteiger partial charge in [0.1, 0.15) is 0 Å². The molecule has 1 saturated heterocycles. The van der Waals surface area contributed by atoms with E-state index in [1.54, 1.807) is 0 Å². The van der Waals surface area contributed by atoms with Crippen molar-refractivity contribution in [3.05, 3.63) is 60.4 Å². The number of nitrogens with zero attached hydrogens (tertiary/aromatic N) is 2. The van der Waals surface area contributed by atoms with E-state index < -0.39 is 10.8 Å². The molecule has 0 N–H and O–H groups in total. The molecule has 0 radical (unpaired) electrons. The second-order valence-electron chi connectivity index (χ2n) is 5.76. The fourth-order valence-electron chi connectivity index (χ4n) is 2.93. The number of hydrogen-bond acceptors (Lipinski definition) is 3. The number of aromatic nitrogens is 1. The average molecular weight is 387 g/mol. The van der Waals surface area contributed by atoms with E-state index in [0.29, 0.717) is 5.25 Å². The lowest BCUT2D eigenvalue weighted by Crippen LogP contribution is -2.38. The van der Waals surface area contributed by atoms with E-state index in [9.17, 15) is 4.21 Å². The van der Waals surface area contributed by atoms with Crippen LogP contribution in [0, 0.1) is 0 Å². The summed E-state index contributed by atoms with van der Waals surface area (Å²) in [5, 5.41) is 0.305. The van der Waals surface area contributed by atoms with Crippen molar-refractivity contribution in [2.45, 2.75) is 29.4 Å². The summed E-state index contributed by atoms with van der Waals surface area (Å²) in [4.78, 5) is 7.51. The minimum Gasteiger partial charge on any atom is -0.303 e. The second-order valence-corrected chi connectivity index (χ2v) is 7.49. The van der Waals surface area contributed by atoms with E-state index in [0.717, 1.165) is 43.8 Å². The highest BCUT2D eigenvalue weighted by Gasteiger charge is 2.24. The van der Waals surface area contributed by atoms with Crippen molar-refractivity contribution in [3.63, 3.8) is 0 Å². The molecule has 3 rings (SSSR count). The minimum atomic E-state index is -0.860. The molecule has 132 valence electrons. The Kier molecular flexibility index (Phi) is 9.52. The summed E-state index contributed by atoms with van der Waals surface area (Å²) < 4.78 is 12.6. The average Bonchev–Trinajstić information content (AvgIpc) is 2.61. The van der Waals surface area contributed by atoms with Crippen molar-refractivity contribution in [3.8, 4) is 0 Å². The molecule has 0 bridgehead atoms. The van der Waals surface area contributed by atoms with Crippen molar-refractivity contribution >= 4 is 35.6 Å². The molecule has 2 heterocycles. The lowest BCUT2D eigenvalue weighted by atomic mass is 10.1. The Balaban J connectivity index is 0.00000144. The highest BCUT2D eigenvalue weighted by atomic mass is 35.5. The second kappa shape index (κ2) is 10.8. The molecule has 1 aliphatic rings. The van der Waals surface area contributed by atoms with Gasteiger partial charge in [-0.3, -0.25) is 9.19 Å². The predicted octanol–water partition coefficient (Wildman–Crippen LogP) is 3.74. The van der Waals surface area contributed by atoms with Crippen molar-refractivity contribution in [1.29, 1.82) is 0 Å². The summed E-state index contributed by atoms with van der Waals surface area (Å²) in [5.74, 6) is 0. The Morgan fingerprint density at radius 1 is 1.00 bits per heavy atom. The maximum atomic E-state index is 12.6. The molecule has 1 aromatic carbocycles. The number of likely N-dealkylation sites (tertiary alicyclic amines) is 1. The number of benzene rings is 1. The summed E-state index contributed by atoms with van der Waals surface area (Å²) in [7, 11) is -0.860. The van der Waals surface area contributed by atoms with Crippen LogP contribution in [0.25, 0.3) is 0 Å². The fourth-order valence-corrected chi connectivity index (χ4v) is 4.38. The van der Waals surface area contributed by atoms with E-state index in [1.807, 2.05) is 42.7 Å². The van der Waals surface area contributed by atoms with Gasteiger partial charge in [-0.2, -0.15) is 0 Å². The molecule has 1 atom stereocenters. The van der Waals surface area contributed by atoms with Crippen molar-refractivity contribution in [1.82, 2.24) is 9.88 Å². The molecule has 3 nitrogen and oxygen atoms in total. The minimum absolute atomic E-state index is 0. The first-order chi connectivity index (χ1) is 10.8. The molecular weight excluding hydrogens is 363 g/mol. The van der Waals surface area contributed by atoms with E-state index >= 15 is 0 Å². The Bertz CT molecular complexity index is 605. The Morgan fingerprint density at radius 3 is 2.25 bits per heavy atom. The van der Waals surface area contributed by atoms with E-state index in [-0.39, 0.29) is 24.8 Å². The number of halogens is 2. The third-order valence-corrected chi connectivity index (χ3v) is 6.09. The van der Waals surface area contributed by atoms with Gasteiger partial charge < -0.3 is 4.90 Å². The summed E-state index contributed by atoms with van der Waals surface area (Å²) in [5.41, 5.74) is 1.34. The standard InChI is InChI=1S/C18H22N2OS.2ClH/c21-22(17-4-2-1-3-5-17)18-9-14-20(15-10-18)13-8-16-6-11-19-12-7-16;;/h1-7,11-12,18H,8-10,13-15H2;2*1H. The number of pyridine rings is 1. The maximum absolute atomic E-state index is 12.6. The first-order valence-corrected chi connectivity index (χ1v) is 9.11. The van der Waals surface area contributed by atoms with Crippen molar-refractivity contribution in [2.75, 3.05) is 19.6 Å². The third-order valence-electron chi connectivity index (χ3n) is 4.28. The summed E-state index contributed by atoms with van der Waals surface area (Å²) in [6.07, 6.45) is 6.82. The number of hydrogen-bond donors (Lipinski definition) is 0. The lowest BCUT2D eigenvalue weighted by Gasteiger charge is -2.31. The van der Waals surface area contributed by atoms with Crippen LogP contribution < -0.4 is 0 Å². The molecule has 1 unspecified atom stereocenters. The molecular formula is C18H24Cl2N2OS. The first-order valence-electron chi connectivity index (χ1n) is 7.90. The molecule has 0 amide bonds. The molecule has 6 heteroatoms. The predicted molar refractivity (Wildman–Crippen MR) is 105 cm³/mol. The van der Waals surface area contributed by atoms with Crippen LogP contribution in [0.4, 0.5) is 0 Å². The maximum Gasteiger partial charge on any atom is 0.0561 e. The van der Waals surface area contributed by atoms with Crippen LogP contribution in [0.15, 0.2) is 59.8 Å². The van der Waals surface area contributed by atoms with Crippen LogP contribution in [-0.4, -0.2) is 39.0 Å². The lowest BCUT2D eigenvalue weighted by molar-refractivity contribution is 0.234. The molecule has 1 aromatic heterocycles. The first kappa shape index (κ1) is 21.1. The Morgan fingerprint density at radius 2 is 1.62 bits per heavy atom. The summed E-state index contributed by atoms with van der Waals surface area (Å²) in [6.45, 7) is 3.18. The zero-order chi connectivity index (χ0) is 15.2. The van der Waals surface area contributed by atoms with Gasteiger partial charge >= 0.3 is 0 Å². The molecule has 0 saturated carbocycles. The van der Waals surface area contributed by atoms with Gasteiger partial charge in [0, 0.05) is 29.1 Å². The van der Waals surface area contributed by atoms with E-state index in [4.69, 9.17) is 0 Å². The smallest absolute Gasteiger partial charge is 0.0561 e. The largest absolute Gasteiger partial charge is 0.303 e. The van der Waals surface area contributed by atoms with E-state index in [1.165, 1.54) is 5.56 Å².